The topological polar surface area (TPSA) is 86.2 Å². The molecule has 40 valence electrons. The molecule has 0 rings (SSSR count). The number of hydrogen-bond donors (Lipinski definition) is 0. The molecule has 0 aliphatic carbocycles. The van der Waals surface area contributed by atoms with Crippen LogP contribution in [-0.4, -0.2) is 91.0 Å². The molecule has 0 aromatic rings. The Kier molecular flexibility index (Phi) is 29.2. The van der Waals surface area contributed by atoms with E-state index in [-0.39, 0.29) is 103 Å². The molecule has 8 heteroatoms. The molecule has 0 radical (unpaired) electrons. The summed E-state index contributed by atoms with van der Waals surface area (Å²) in [5.74, 6) is 0. The van der Waals surface area contributed by atoms with E-state index in [0.717, 1.165) is 0 Å². The van der Waals surface area contributed by atoms with Crippen molar-refractivity contribution >= 4 is 98.8 Å². The van der Waals surface area contributed by atoms with Gasteiger partial charge in [-0.15, -0.1) is 0 Å². The summed E-state index contributed by atoms with van der Waals surface area (Å²) in [5, 5.41) is 0. The number of hydrogen-bond acceptors (Lipinski definition) is 4. The van der Waals surface area contributed by atoms with Crippen molar-refractivity contribution in [3.63, 3.8) is 0 Å². The van der Waals surface area contributed by atoms with Gasteiger partial charge in [0.25, 0.3) is 0 Å². The maximum atomic E-state index is 8.55. The van der Waals surface area contributed by atoms with E-state index in [0.29, 0.717) is 0 Å². The average molecular weight is 306 g/mol. The molecule has 4 nitrogen and oxygen atoms in total. The molecule has 0 fully saturated rings. The first-order valence-electron chi connectivity index (χ1n) is 0.730. The van der Waals surface area contributed by atoms with Crippen LogP contribution in [0.15, 0.2) is 0 Å². The third-order valence-corrected chi connectivity index (χ3v) is 0. The molecule has 0 aromatic heterocycles. The Morgan fingerprint density at radius 2 is 1.00 bits per heavy atom. The minimum atomic E-state index is -5.39. The first-order valence-corrected chi connectivity index (χ1v) is 2.19. The number of rotatable bonds is 0. The first-order chi connectivity index (χ1) is 2.00. The second-order valence-electron chi connectivity index (χ2n) is 0.447. The maximum absolute atomic E-state index is 8.55. The van der Waals surface area contributed by atoms with Crippen molar-refractivity contribution < 1.29 is 31.7 Å². The van der Waals surface area contributed by atoms with Crippen LogP contribution in [0.1, 0.15) is 0 Å². The van der Waals surface area contributed by atoms with E-state index in [1.54, 1.807) is 0 Å². The zero-order chi connectivity index (χ0) is 4.50. The molecule has 0 atom stereocenters. The van der Waals surface area contributed by atoms with Crippen LogP contribution in [0, 0.1) is 0 Å². The van der Waals surface area contributed by atoms with E-state index < -0.39 is 7.82 Å². The van der Waals surface area contributed by atoms with Gasteiger partial charge in [-0.25, -0.2) is 0 Å². The smallest absolute Gasteiger partial charge is 1.00 e. The predicted octanol–water partition coefficient (Wildman–Crippen LogP) is -6.58. The third-order valence-electron chi connectivity index (χ3n) is 0. The molecule has 8 heavy (non-hydrogen) atoms. The Morgan fingerprint density at radius 1 is 1.00 bits per heavy atom. The zero-order valence-corrected chi connectivity index (χ0v) is 12.5. The van der Waals surface area contributed by atoms with Gasteiger partial charge >= 0.3 is 91.0 Å². The van der Waals surface area contributed by atoms with Crippen LogP contribution in [0.4, 0.5) is 0 Å². The largest absolute Gasteiger partial charge is 2.00 e. The molecule has 0 aromatic carbocycles. The van der Waals surface area contributed by atoms with Gasteiger partial charge in [-0.3, -0.25) is 0 Å². The number of halogens is 1. The average Bonchev–Trinajstić information content (AvgIpc) is 0.722. The normalized spacial score (nSPS) is 7.38. The second-order valence-corrected chi connectivity index (χ2v) is 1.34. The van der Waals surface area contributed by atoms with Crippen molar-refractivity contribution in [3.05, 3.63) is 0 Å². The molecule has 0 saturated heterocycles. The minimum Gasteiger partial charge on any atom is -1.00 e. The van der Waals surface area contributed by atoms with Crippen LogP contribution in [0.5, 0.6) is 0 Å². The van der Waals surface area contributed by atoms with E-state index in [1.807, 2.05) is 0 Å². The van der Waals surface area contributed by atoms with Crippen molar-refractivity contribution in [2.45, 2.75) is 0 Å². The summed E-state index contributed by atoms with van der Waals surface area (Å²) in [6.45, 7) is 0. The molecule has 0 amide bonds. The fraction of sp³-hybridized carbons (Fsp3) is 0. The molecule has 0 aliphatic rings. The van der Waals surface area contributed by atoms with Gasteiger partial charge in [0.05, 0.1) is 0 Å². The van der Waals surface area contributed by atoms with Crippen molar-refractivity contribution in [2.24, 2.45) is 0 Å². The molecule has 0 aliphatic heterocycles. The first kappa shape index (κ1) is 22.5. The summed E-state index contributed by atoms with van der Waals surface area (Å²) in [7, 11) is -5.39. The Labute approximate surface area is 127 Å². The molecule has 0 saturated carbocycles. The summed E-state index contributed by atoms with van der Waals surface area (Å²) in [5.41, 5.74) is 0. The molecule has 0 bridgehead atoms. The van der Waals surface area contributed by atoms with Crippen molar-refractivity contribution in [1.29, 1.82) is 0 Å². The van der Waals surface area contributed by atoms with Crippen LogP contribution in [-0.2, 0) is 4.57 Å². The maximum Gasteiger partial charge on any atom is 2.00 e. The van der Waals surface area contributed by atoms with E-state index in [4.69, 9.17) is 19.2 Å². The Hall–Kier alpha value is 3.36. The van der Waals surface area contributed by atoms with Crippen LogP contribution in [0.3, 0.4) is 0 Å². The molecule has 0 unspecified atom stereocenters. The van der Waals surface area contributed by atoms with Gasteiger partial charge < -0.3 is 31.7 Å². The fourth-order valence-electron chi connectivity index (χ4n) is 0. The monoisotopic (exact) mass is 306 g/mol. The summed E-state index contributed by atoms with van der Waals surface area (Å²) < 4.78 is 8.55. The molecule has 0 spiro atoms. The van der Waals surface area contributed by atoms with Gasteiger partial charge in [0.2, 0.25) is 0 Å². The van der Waals surface area contributed by atoms with E-state index in [1.165, 1.54) is 0 Å². The third kappa shape index (κ3) is 57.9. The van der Waals surface area contributed by atoms with Crippen LogP contribution in [0.2, 0.25) is 0 Å². The summed E-state index contributed by atoms with van der Waals surface area (Å²) in [4.78, 5) is 25.6. The van der Waals surface area contributed by atoms with Crippen LogP contribution in [0.25, 0.3) is 0 Å². The molecule has 0 heterocycles. The van der Waals surface area contributed by atoms with Crippen molar-refractivity contribution in [1.82, 2.24) is 0 Å². The van der Waals surface area contributed by atoms with Gasteiger partial charge in [-0.05, 0) is 0 Å². The Bertz CT molecular complexity index is 60.2. The van der Waals surface area contributed by atoms with Crippen molar-refractivity contribution in [3.8, 4) is 0 Å². The summed E-state index contributed by atoms with van der Waals surface area (Å²) in [6.07, 6.45) is 0. The van der Waals surface area contributed by atoms with Gasteiger partial charge in [0.15, 0.2) is 0 Å². The standard InChI is InChI=1S/ClH.H3O4P.2Sr/c;1-5(2,3)4;;/h1H;(H3,1,2,3,4);;/q;;2*+2/p-4. The van der Waals surface area contributed by atoms with Crippen molar-refractivity contribution in [2.75, 3.05) is 0 Å². The Balaban J connectivity index is -0.0000000267. The summed E-state index contributed by atoms with van der Waals surface area (Å²) >= 11 is 0. The fourth-order valence-corrected chi connectivity index (χ4v) is 0. The van der Waals surface area contributed by atoms with E-state index in [9.17, 15) is 0 Å². The number of phosphoric acid groups is 1. The summed E-state index contributed by atoms with van der Waals surface area (Å²) in [6, 6.07) is 0. The van der Waals surface area contributed by atoms with Crippen LogP contribution >= 0.6 is 7.82 Å². The molecule has 0 N–H and O–H groups in total. The molecular weight excluding hydrogens is 306 g/mol. The van der Waals surface area contributed by atoms with Crippen LogP contribution < -0.4 is 27.1 Å². The van der Waals surface area contributed by atoms with Gasteiger partial charge in [0, 0.05) is 0 Å². The zero-order valence-electron chi connectivity index (χ0n) is 3.87. The minimum absolute atomic E-state index is 0. The predicted molar refractivity (Wildman–Crippen MR) is 19.1 cm³/mol. The van der Waals surface area contributed by atoms with E-state index >= 15 is 0 Å². The van der Waals surface area contributed by atoms with Gasteiger partial charge in [0.1, 0.15) is 0 Å². The van der Waals surface area contributed by atoms with Gasteiger partial charge in [-0.2, -0.15) is 7.82 Å². The van der Waals surface area contributed by atoms with Gasteiger partial charge in [-0.1, -0.05) is 0 Å². The molecular formula is ClO4PSr2. The SMILES string of the molecule is O=P([O-])([O-])[O-].[Cl-].[Sr+2].[Sr+2]. The quantitative estimate of drug-likeness (QED) is 0.329. The van der Waals surface area contributed by atoms with E-state index in [2.05, 4.69) is 0 Å². The Morgan fingerprint density at radius 3 is 1.00 bits per heavy atom. The second kappa shape index (κ2) is 10.4.